The molecule has 0 bridgehead atoms. The lowest BCUT2D eigenvalue weighted by atomic mass is 9.85. The second kappa shape index (κ2) is 5.20. The lowest BCUT2D eigenvalue weighted by Gasteiger charge is -2.28. The molecule has 0 saturated heterocycles. The van der Waals surface area contributed by atoms with E-state index < -0.39 is 0 Å². The SMILES string of the molecule is Cc1noc(C)c1C(=O)CC1=NC(C)(C)Cc2ccccc21. The van der Waals surface area contributed by atoms with Crippen molar-refractivity contribution in [3.63, 3.8) is 0 Å². The van der Waals surface area contributed by atoms with Crippen molar-refractivity contribution in [1.29, 1.82) is 0 Å². The third-order valence-corrected chi connectivity index (χ3v) is 4.03. The Hall–Kier alpha value is -2.23. The summed E-state index contributed by atoms with van der Waals surface area (Å²) in [4.78, 5) is 17.5. The summed E-state index contributed by atoms with van der Waals surface area (Å²) in [6, 6.07) is 8.19. The number of rotatable bonds is 3. The molecular weight excluding hydrogens is 276 g/mol. The van der Waals surface area contributed by atoms with Gasteiger partial charge in [-0.3, -0.25) is 9.79 Å². The average Bonchev–Trinajstić information content (AvgIpc) is 2.77. The first-order valence-corrected chi connectivity index (χ1v) is 7.50. The van der Waals surface area contributed by atoms with Crippen LogP contribution in [0.15, 0.2) is 33.8 Å². The molecular formula is C18H20N2O2. The highest BCUT2D eigenvalue weighted by molar-refractivity contribution is 6.17. The third-order valence-electron chi connectivity index (χ3n) is 4.03. The third kappa shape index (κ3) is 2.61. The van der Waals surface area contributed by atoms with Crippen LogP contribution in [0.1, 0.15) is 53.2 Å². The normalized spacial score (nSPS) is 16.1. The van der Waals surface area contributed by atoms with Gasteiger partial charge < -0.3 is 4.52 Å². The molecule has 0 aliphatic carbocycles. The maximum atomic E-state index is 12.7. The minimum absolute atomic E-state index is 0.0162. The standard InChI is InChI=1S/C18H20N2O2/c1-11-17(12(2)22-20-11)16(21)9-15-14-8-6-5-7-13(14)10-18(3,4)19-15/h5-8H,9-10H2,1-4H3. The topological polar surface area (TPSA) is 55.5 Å². The average molecular weight is 296 g/mol. The fourth-order valence-electron chi connectivity index (χ4n) is 3.14. The molecule has 0 radical (unpaired) electrons. The number of hydrogen-bond donors (Lipinski definition) is 0. The van der Waals surface area contributed by atoms with Gasteiger partial charge in [-0.05, 0) is 45.2 Å². The van der Waals surface area contributed by atoms with Gasteiger partial charge in [0.15, 0.2) is 5.78 Å². The zero-order valence-corrected chi connectivity index (χ0v) is 13.4. The summed E-state index contributed by atoms with van der Waals surface area (Å²) in [5.41, 5.74) is 4.25. The van der Waals surface area contributed by atoms with Gasteiger partial charge in [-0.15, -0.1) is 0 Å². The van der Waals surface area contributed by atoms with Crippen molar-refractivity contribution in [3.8, 4) is 0 Å². The number of carbonyl (C=O) groups excluding carboxylic acids is 1. The summed E-state index contributed by atoms with van der Waals surface area (Å²) in [5, 5.41) is 3.87. The summed E-state index contributed by atoms with van der Waals surface area (Å²) in [6.07, 6.45) is 1.18. The molecule has 22 heavy (non-hydrogen) atoms. The first-order chi connectivity index (χ1) is 10.4. The van der Waals surface area contributed by atoms with Crippen LogP contribution in [0.2, 0.25) is 0 Å². The van der Waals surface area contributed by atoms with Gasteiger partial charge in [0.25, 0.3) is 0 Å². The van der Waals surface area contributed by atoms with E-state index in [0.29, 0.717) is 17.0 Å². The molecule has 1 aliphatic heterocycles. The van der Waals surface area contributed by atoms with E-state index >= 15 is 0 Å². The molecule has 2 aromatic rings. The summed E-state index contributed by atoms with van der Waals surface area (Å²) >= 11 is 0. The Balaban J connectivity index is 1.97. The molecule has 1 aliphatic rings. The Morgan fingerprint density at radius 3 is 2.68 bits per heavy atom. The van der Waals surface area contributed by atoms with Crippen molar-refractivity contribution in [2.24, 2.45) is 4.99 Å². The molecule has 114 valence electrons. The monoisotopic (exact) mass is 296 g/mol. The lowest BCUT2D eigenvalue weighted by molar-refractivity contribution is 0.0998. The number of Topliss-reactive ketones (excluding diaryl/α,β-unsaturated/α-hetero) is 1. The van der Waals surface area contributed by atoms with E-state index in [-0.39, 0.29) is 17.7 Å². The quantitative estimate of drug-likeness (QED) is 0.812. The van der Waals surface area contributed by atoms with Crippen LogP contribution >= 0.6 is 0 Å². The Morgan fingerprint density at radius 1 is 1.27 bits per heavy atom. The van der Waals surface area contributed by atoms with Crippen molar-refractivity contribution >= 4 is 11.5 Å². The second-order valence-electron chi connectivity index (χ2n) is 6.50. The van der Waals surface area contributed by atoms with Gasteiger partial charge in [0.1, 0.15) is 5.76 Å². The molecule has 0 N–H and O–H groups in total. The maximum Gasteiger partial charge on any atom is 0.174 e. The van der Waals surface area contributed by atoms with Crippen LogP contribution in [0.25, 0.3) is 0 Å². The molecule has 4 heteroatoms. The minimum Gasteiger partial charge on any atom is -0.361 e. The van der Waals surface area contributed by atoms with Gasteiger partial charge in [0.2, 0.25) is 0 Å². The van der Waals surface area contributed by atoms with E-state index in [4.69, 9.17) is 9.52 Å². The molecule has 3 rings (SSSR count). The number of fused-ring (bicyclic) bond motifs is 1. The number of aromatic nitrogens is 1. The lowest BCUT2D eigenvalue weighted by Crippen LogP contribution is -2.30. The molecule has 0 atom stereocenters. The first-order valence-electron chi connectivity index (χ1n) is 7.50. The van der Waals surface area contributed by atoms with Crippen molar-refractivity contribution < 1.29 is 9.32 Å². The number of nitrogens with zero attached hydrogens (tertiary/aromatic N) is 2. The van der Waals surface area contributed by atoms with E-state index in [9.17, 15) is 4.79 Å². The van der Waals surface area contributed by atoms with Gasteiger partial charge in [-0.1, -0.05) is 29.4 Å². The number of aryl methyl sites for hydroxylation is 2. The highest BCUT2D eigenvalue weighted by atomic mass is 16.5. The predicted octanol–water partition coefficient (Wildman–Crippen LogP) is 3.69. The van der Waals surface area contributed by atoms with Crippen molar-refractivity contribution in [3.05, 3.63) is 52.4 Å². The molecule has 2 heterocycles. The number of aliphatic imine (C=N–C) groups is 1. The predicted molar refractivity (Wildman–Crippen MR) is 85.7 cm³/mol. The number of hydrogen-bond acceptors (Lipinski definition) is 4. The summed E-state index contributed by atoms with van der Waals surface area (Å²) in [5.74, 6) is 0.592. The Bertz CT molecular complexity index is 750. The van der Waals surface area contributed by atoms with Crippen LogP contribution in [0.5, 0.6) is 0 Å². The van der Waals surface area contributed by atoms with Crippen molar-refractivity contribution in [2.45, 2.75) is 46.1 Å². The van der Waals surface area contributed by atoms with E-state index in [2.05, 4.69) is 25.1 Å². The van der Waals surface area contributed by atoms with Crippen LogP contribution in [0.4, 0.5) is 0 Å². The van der Waals surface area contributed by atoms with Crippen LogP contribution < -0.4 is 0 Å². The van der Waals surface area contributed by atoms with Crippen LogP contribution in [0, 0.1) is 13.8 Å². The highest BCUT2D eigenvalue weighted by Crippen LogP contribution is 2.28. The Labute approximate surface area is 130 Å². The summed E-state index contributed by atoms with van der Waals surface area (Å²) in [7, 11) is 0. The zero-order chi connectivity index (χ0) is 15.9. The molecule has 0 fully saturated rings. The van der Waals surface area contributed by atoms with Gasteiger partial charge >= 0.3 is 0 Å². The maximum absolute atomic E-state index is 12.7. The van der Waals surface area contributed by atoms with E-state index in [1.54, 1.807) is 13.8 Å². The number of carbonyl (C=O) groups is 1. The van der Waals surface area contributed by atoms with Crippen LogP contribution in [-0.4, -0.2) is 22.2 Å². The smallest absolute Gasteiger partial charge is 0.174 e. The highest BCUT2D eigenvalue weighted by Gasteiger charge is 2.28. The Morgan fingerprint density at radius 2 is 2.00 bits per heavy atom. The molecule has 0 spiro atoms. The van der Waals surface area contributed by atoms with Gasteiger partial charge in [-0.2, -0.15) is 0 Å². The number of ketones is 1. The van der Waals surface area contributed by atoms with E-state index in [1.165, 1.54) is 5.56 Å². The molecule has 4 nitrogen and oxygen atoms in total. The summed E-state index contributed by atoms with van der Waals surface area (Å²) < 4.78 is 5.11. The largest absolute Gasteiger partial charge is 0.361 e. The molecule has 0 unspecified atom stereocenters. The van der Waals surface area contributed by atoms with Crippen LogP contribution in [-0.2, 0) is 6.42 Å². The van der Waals surface area contributed by atoms with Crippen molar-refractivity contribution in [2.75, 3.05) is 0 Å². The second-order valence-corrected chi connectivity index (χ2v) is 6.50. The Kier molecular flexibility index (Phi) is 3.47. The van der Waals surface area contributed by atoms with E-state index in [0.717, 1.165) is 17.7 Å². The van der Waals surface area contributed by atoms with Gasteiger partial charge in [0.05, 0.1) is 28.9 Å². The van der Waals surface area contributed by atoms with Crippen LogP contribution in [0.3, 0.4) is 0 Å². The fraction of sp³-hybridized carbons (Fsp3) is 0.389. The number of benzene rings is 1. The van der Waals surface area contributed by atoms with Crippen molar-refractivity contribution in [1.82, 2.24) is 5.16 Å². The van der Waals surface area contributed by atoms with Gasteiger partial charge in [-0.25, -0.2) is 0 Å². The van der Waals surface area contributed by atoms with E-state index in [1.807, 2.05) is 18.2 Å². The minimum atomic E-state index is -0.178. The molecule has 0 saturated carbocycles. The molecule has 1 aromatic heterocycles. The summed E-state index contributed by atoms with van der Waals surface area (Å²) in [6.45, 7) is 7.77. The molecule has 1 aromatic carbocycles. The fourth-order valence-corrected chi connectivity index (χ4v) is 3.14. The van der Waals surface area contributed by atoms with Gasteiger partial charge in [0, 0.05) is 0 Å². The molecule has 0 amide bonds. The zero-order valence-electron chi connectivity index (χ0n) is 13.4. The first kappa shape index (κ1) is 14.7.